The lowest BCUT2D eigenvalue weighted by Gasteiger charge is -2.17. The number of benzene rings is 1. The number of nitrogens with zero attached hydrogens (tertiary/aromatic N) is 6. The molecule has 0 saturated heterocycles. The van der Waals surface area contributed by atoms with Gasteiger partial charge in [-0.1, -0.05) is 6.07 Å². The molecule has 0 unspecified atom stereocenters. The van der Waals surface area contributed by atoms with E-state index < -0.39 is 12.9 Å². The molecule has 36 heavy (non-hydrogen) atoms. The predicted octanol–water partition coefficient (Wildman–Crippen LogP) is 2.58. The molecule has 182 valence electrons. The fourth-order valence-electron chi connectivity index (χ4n) is 3.56. The van der Waals surface area contributed by atoms with Crippen molar-refractivity contribution in [2.45, 2.75) is 12.8 Å². The van der Waals surface area contributed by atoms with E-state index in [9.17, 15) is 9.59 Å². The summed E-state index contributed by atoms with van der Waals surface area (Å²) in [6, 6.07) is 6.73. The maximum Gasteiger partial charge on any atom is 0.254 e. The quantitative estimate of drug-likeness (QED) is 0.340. The molecule has 1 aliphatic carbocycles. The molecule has 1 fully saturated rings. The number of carbonyl (C=O) groups is 2. The van der Waals surface area contributed by atoms with Crippen molar-refractivity contribution in [3.8, 4) is 22.8 Å². The molecule has 2 amide bonds. The summed E-state index contributed by atoms with van der Waals surface area (Å²) in [6.45, 7) is -2.71. The lowest BCUT2D eigenvalue weighted by atomic mass is 10.1. The zero-order valence-electron chi connectivity index (χ0n) is 22.1. The highest BCUT2D eigenvalue weighted by atomic mass is 16.5. The van der Waals surface area contributed by atoms with Crippen molar-refractivity contribution in [1.82, 2.24) is 35.0 Å². The molecule has 3 heterocycles. The van der Waals surface area contributed by atoms with Gasteiger partial charge in [0.15, 0.2) is 11.6 Å². The topological polar surface area (TPSA) is 149 Å². The molecule has 3 aromatic heterocycles. The SMILES string of the molecule is [2H]C([2H])([2H])NC(=O)c1cnc(NC(=O)C2CC2)cc1Nc1cccc(-c2cnc(-n3cncn3)cn2)c1OC. The summed E-state index contributed by atoms with van der Waals surface area (Å²) in [5.74, 6) is -0.00896. The Hall–Kier alpha value is -4.87. The Morgan fingerprint density at radius 1 is 1.14 bits per heavy atom. The summed E-state index contributed by atoms with van der Waals surface area (Å²) < 4.78 is 29.4. The summed E-state index contributed by atoms with van der Waals surface area (Å²) >= 11 is 0. The third kappa shape index (κ3) is 4.69. The number of pyridine rings is 1. The van der Waals surface area contributed by atoms with Gasteiger partial charge in [-0.3, -0.25) is 14.6 Å². The first-order chi connectivity index (χ1) is 18.7. The number of ether oxygens (including phenoxy) is 1. The van der Waals surface area contributed by atoms with Gasteiger partial charge in [0.05, 0.1) is 42.1 Å². The molecule has 0 atom stereocenters. The third-order valence-corrected chi connectivity index (χ3v) is 5.52. The van der Waals surface area contributed by atoms with Crippen LogP contribution >= 0.6 is 0 Å². The van der Waals surface area contributed by atoms with Crippen LogP contribution < -0.4 is 20.7 Å². The Kier molecular flexibility index (Phi) is 5.28. The molecule has 3 N–H and O–H groups in total. The van der Waals surface area contributed by atoms with E-state index in [1.807, 2.05) is 5.32 Å². The molecule has 4 aromatic rings. The summed E-state index contributed by atoms with van der Waals surface area (Å²) in [5.41, 5.74) is 1.73. The van der Waals surface area contributed by atoms with Crippen molar-refractivity contribution in [2.75, 3.05) is 24.7 Å². The third-order valence-electron chi connectivity index (χ3n) is 5.52. The summed E-state index contributed by atoms with van der Waals surface area (Å²) in [4.78, 5) is 42.0. The van der Waals surface area contributed by atoms with E-state index in [4.69, 9.17) is 8.85 Å². The highest BCUT2D eigenvalue weighted by Crippen LogP contribution is 2.38. The van der Waals surface area contributed by atoms with Crippen LogP contribution in [0, 0.1) is 5.92 Å². The molecular formula is C24H23N9O3. The Bertz CT molecular complexity index is 1510. The summed E-state index contributed by atoms with van der Waals surface area (Å²) in [7, 11) is 1.48. The second kappa shape index (κ2) is 9.78. The molecule has 0 radical (unpaired) electrons. The fourth-order valence-corrected chi connectivity index (χ4v) is 3.56. The smallest absolute Gasteiger partial charge is 0.254 e. The van der Waals surface area contributed by atoms with E-state index in [2.05, 4.69) is 35.7 Å². The Morgan fingerprint density at radius 3 is 2.72 bits per heavy atom. The Labute approximate surface area is 210 Å². The van der Waals surface area contributed by atoms with Crippen LogP contribution in [0.2, 0.25) is 0 Å². The molecule has 1 aromatic carbocycles. The van der Waals surface area contributed by atoms with Crippen LogP contribution in [0.1, 0.15) is 27.3 Å². The van der Waals surface area contributed by atoms with E-state index in [1.165, 1.54) is 36.7 Å². The Balaban J connectivity index is 1.49. The number of methoxy groups -OCH3 is 1. The van der Waals surface area contributed by atoms with Crippen molar-refractivity contribution in [3.05, 3.63) is 61.1 Å². The number of carbonyl (C=O) groups excluding carboxylic acids is 2. The van der Waals surface area contributed by atoms with Gasteiger partial charge >= 0.3 is 0 Å². The number of rotatable bonds is 8. The van der Waals surface area contributed by atoms with E-state index in [-0.39, 0.29) is 28.9 Å². The molecule has 12 nitrogen and oxygen atoms in total. The van der Waals surface area contributed by atoms with Crippen LogP contribution in [-0.2, 0) is 4.79 Å². The zero-order chi connectivity index (χ0) is 27.6. The van der Waals surface area contributed by atoms with Gasteiger partial charge in [-0.25, -0.2) is 19.6 Å². The average Bonchev–Trinajstić information content (AvgIpc) is 3.62. The summed E-state index contributed by atoms with van der Waals surface area (Å²) in [5, 5.41) is 11.9. The van der Waals surface area contributed by atoms with Gasteiger partial charge in [-0.05, 0) is 25.0 Å². The van der Waals surface area contributed by atoms with Gasteiger partial charge in [-0.15, -0.1) is 0 Å². The fraction of sp³-hybridized carbons (Fsp3) is 0.208. The monoisotopic (exact) mass is 488 g/mol. The van der Waals surface area contributed by atoms with Gasteiger partial charge in [0.25, 0.3) is 5.91 Å². The number of amides is 2. The molecule has 1 saturated carbocycles. The highest BCUT2D eigenvalue weighted by molar-refractivity contribution is 6.01. The van der Waals surface area contributed by atoms with Crippen molar-refractivity contribution in [2.24, 2.45) is 5.92 Å². The first-order valence-corrected chi connectivity index (χ1v) is 11.0. The van der Waals surface area contributed by atoms with Crippen molar-refractivity contribution in [3.63, 3.8) is 0 Å². The van der Waals surface area contributed by atoms with Crippen LogP contribution in [0.5, 0.6) is 5.75 Å². The van der Waals surface area contributed by atoms with E-state index in [1.54, 1.807) is 30.6 Å². The molecule has 0 aliphatic heterocycles. The van der Waals surface area contributed by atoms with Gasteiger partial charge in [0.1, 0.15) is 18.5 Å². The molecule has 0 bridgehead atoms. The molecule has 1 aliphatic rings. The zero-order valence-corrected chi connectivity index (χ0v) is 19.1. The first kappa shape index (κ1) is 19.4. The summed E-state index contributed by atoms with van der Waals surface area (Å²) in [6.07, 6.45) is 8.82. The van der Waals surface area contributed by atoms with E-state index >= 15 is 0 Å². The number of anilines is 3. The molecule has 0 spiro atoms. The van der Waals surface area contributed by atoms with Crippen molar-refractivity contribution in [1.29, 1.82) is 0 Å². The van der Waals surface area contributed by atoms with Crippen molar-refractivity contribution < 1.29 is 18.4 Å². The minimum Gasteiger partial charge on any atom is -0.494 e. The number of para-hydroxylation sites is 1. The van der Waals surface area contributed by atoms with Crippen LogP contribution in [-0.4, -0.2) is 55.6 Å². The predicted molar refractivity (Wildman–Crippen MR) is 131 cm³/mol. The standard InChI is InChI=1S/C24H23N9O3/c1-25-24(35)16-9-28-20(32-23(34)14-6-7-14)8-18(16)31-17-5-3-4-15(22(17)36-2)19-10-29-21(11-27-19)33-13-26-12-30-33/h3-5,8-14H,6-7H2,1-2H3,(H,25,35)(H2,28,31,32,34)/i1D3. The Morgan fingerprint density at radius 2 is 2.03 bits per heavy atom. The second-order valence-corrected chi connectivity index (χ2v) is 7.94. The van der Waals surface area contributed by atoms with Crippen molar-refractivity contribution >= 4 is 29.0 Å². The highest BCUT2D eigenvalue weighted by Gasteiger charge is 2.30. The minimum atomic E-state index is -2.71. The van der Waals surface area contributed by atoms with Crippen LogP contribution in [0.25, 0.3) is 17.1 Å². The number of hydrogen-bond donors (Lipinski definition) is 3. The lowest BCUT2D eigenvalue weighted by Crippen LogP contribution is -2.20. The average molecular weight is 489 g/mol. The van der Waals surface area contributed by atoms with Gasteiger partial charge in [-0.2, -0.15) is 5.10 Å². The lowest BCUT2D eigenvalue weighted by molar-refractivity contribution is -0.117. The van der Waals surface area contributed by atoms with Gasteiger partial charge in [0.2, 0.25) is 5.91 Å². The van der Waals surface area contributed by atoms with E-state index in [0.29, 0.717) is 28.5 Å². The largest absolute Gasteiger partial charge is 0.494 e. The number of hydrogen-bond acceptors (Lipinski definition) is 9. The first-order valence-electron chi connectivity index (χ1n) is 12.5. The maximum absolute atomic E-state index is 12.8. The van der Waals surface area contributed by atoms with Crippen LogP contribution in [0.15, 0.2) is 55.5 Å². The minimum absolute atomic E-state index is 0.0417. The van der Waals surface area contributed by atoms with Gasteiger partial charge in [0, 0.05) is 34.8 Å². The number of nitrogens with one attached hydrogen (secondary N) is 3. The molecule has 5 rings (SSSR count). The maximum atomic E-state index is 12.8. The second-order valence-electron chi connectivity index (χ2n) is 7.94. The van der Waals surface area contributed by atoms with Crippen LogP contribution in [0.4, 0.5) is 17.2 Å². The van der Waals surface area contributed by atoms with Gasteiger partial charge < -0.3 is 20.7 Å². The molecular weight excluding hydrogens is 462 g/mol. The number of aromatic nitrogens is 6. The van der Waals surface area contributed by atoms with E-state index in [0.717, 1.165) is 12.8 Å². The van der Waals surface area contributed by atoms with Crippen LogP contribution in [0.3, 0.4) is 0 Å². The normalized spacial score (nSPS) is 14.2. The molecule has 12 heteroatoms.